The molecular formula is C32H33Cl2F6N5. The number of nitrogens with one attached hydrogen (secondary N) is 2. The fourth-order valence-electron chi connectivity index (χ4n) is 4.49. The quantitative estimate of drug-likeness (QED) is 0.141. The Kier molecular flexibility index (Phi) is 11.5. The fraction of sp³-hybridized carbons (Fsp3) is 0.250. The van der Waals surface area contributed by atoms with E-state index in [-0.39, 0.29) is 19.4 Å². The van der Waals surface area contributed by atoms with E-state index in [1.54, 1.807) is 24.3 Å². The maximum Gasteiger partial charge on any atom is 0.416 e. The molecule has 1 aliphatic rings. The number of nitrogens with two attached hydrogens (primary N) is 1. The topological polar surface area (TPSA) is 56.6 Å². The number of nitrogens with zero attached hydrogens (tertiary/aromatic N) is 2. The van der Waals surface area contributed by atoms with Gasteiger partial charge in [-0.15, -0.1) is 0 Å². The van der Waals surface area contributed by atoms with Crippen LogP contribution in [0, 0.1) is 0 Å². The van der Waals surface area contributed by atoms with Crippen LogP contribution in [-0.2, 0) is 25.4 Å². The monoisotopic (exact) mass is 671 g/mol. The lowest BCUT2D eigenvalue weighted by Crippen LogP contribution is -2.45. The third-order valence-corrected chi connectivity index (χ3v) is 7.25. The zero-order valence-electron chi connectivity index (χ0n) is 23.6. The van der Waals surface area contributed by atoms with Crippen molar-refractivity contribution >= 4 is 46.0 Å². The van der Waals surface area contributed by atoms with Crippen molar-refractivity contribution in [2.75, 3.05) is 35.4 Å². The van der Waals surface area contributed by atoms with Crippen LogP contribution >= 0.6 is 23.2 Å². The number of fused-ring (bicyclic) bond motifs is 1. The highest BCUT2D eigenvalue weighted by Crippen LogP contribution is 2.41. The van der Waals surface area contributed by atoms with Gasteiger partial charge in [0.15, 0.2) is 6.29 Å². The van der Waals surface area contributed by atoms with E-state index in [1.807, 2.05) is 48.2 Å². The van der Waals surface area contributed by atoms with Crippen LogP contribution in [0.5, 0.6) is 0 Å². The highest BCUT2D eigenvalue weighted by molar-refractivity contribution is 6.30. The molecule has 0 aliphatic carbocycles. The first kappa shape index (κ1) is 35.7. The smallest absolute Gasteiger partial charge is 0.397 e. The zero-order chi connectivity index (χ0) is 32.2. The second-order valence-corrected chi connectivity index (χ2v) is 11.1. The summed E-state index contributed by atoms with van der Waals surface area (Å²) in [6.07, 6.45) is -8.96. The van der Waals surface area contributed by atoms with Gasteiger partial charge in [-0.3, -0.25) is 4.90 Å². The minimum absolute atomic E-state index is 0. The molecule has 1 atom stereocenters. The number of halogens is 8. The van der Waals surface area contributed by atoms with Crippen molar-refractivity contribution in [1.82, 2.24) is 4.90 Å². The second-order valence-electron chi connectivity index (χ2n) is 10.2. The minimum Gasteiger partial charge on any atom is -0.397 e. The van der Waals surface area contributed by atoms with Crippen LogP contribution in [0.25, 0.3) is 0 Å². The predicted molar refractivity (Wildman–Crippen MR) is 172 cm³/mol. The summed E-state index contributed by atoms with van der Waals surface area (Å²) in [7, 11) is 3.76. The highest BCUT2D eigenvalue weighted by atomic mass is 35.5. The van der Waals surface area contributed by atoms with Gasteiger partial charge in [-0.2, -0.15) is 26.3 Å². The Morgan fingerprint density at radius 1 is 0.778 bits per heavy atom. The van der Waals surface area contributed by atoms with Crippen LogP contribution in [0.1, 0.15) is 29.7 Å². The van der Waals surface area contributed by atoms with E-state index in [0.717, 1.165) is 41.1 Å². The van der Waals surface area contributed by atoms with Crippen molar-refractivity contribution in [3.05, 3.63) is 117 Å². The zero-order valence-corrected chi connectivity index (χ0v) is 25.1. The molecule has 1 heterocycles. The van der Waals surface area contributed by atoms with E-state index in [1.165, 1.54) is 12.1 Å². The van der Waals surface area contributed by atoms with Crippen molar-refractivity contribution in [2.45, 2.75) is 39.2 Å². The molecule has 4 aromatic carbocycles. The van der Waals surface area contributed by atoms with Crippen LogP contribution in [0.2, 0.25) is 10.0 Å². The van der Waals surface area contributed by atoms with Gasteiger partial charge >= 0.3 is 12.4 Å². The van der Waals surface area contributed by atoms with Gasteiger partial charge < -0.3 is 21.3 Å². The summed E-state index contributed by atoms with van der Waals surface area (Å²) >= 11 is 11.7. The first-order chi connectivity index (χ1) is 20.6. The minimum atomic E-state index is -4.39. The molecule has 242 valence electrons. The van der Waals surface area contributed by atoms with Gasteiger partial charge in [0.25, 0.3) is 0 Å². The van der Waals surface area contributed by atoms with Crippen molar-refractivity contribution in [1.29, 1.82) is 0 Å². The summed E-state index contributed by atoms with van der Waals surface area (Å²) in [4.78, 5) is 3.95. The van der Waals surface area contributed by atoms with E-state index in [4.69, 9.17) is 28.9 Å². The molecule has 4 N–H and O–H groups in total. The van der Waals surface area contributed by atoms with Crippen LogP contribution in [0.15, 0.2) is 84.9 Å². The maximum atomic E-state index is 12.9. The molecule has 0 amide bonds. The van der Waals surface area contributed by atoms with Gasteiger partial charge in [0.05, 0.1) is 33.9 Å². The number of hydrogen-bond acceptors (Lipinski definition) is 5. The van der Waals surface area contributed by atoms with Gasteiger partial charge in [-0.25, -0.2) is 0 Å². The summed E-state index contributed by atoms with van der Waals surface area (Å²) in [5, 5.41) is 7.42. The second kappa shape index (κ2) is 14.5. The van der Waals surface area contributed by atoms with Gasteiger partial charge in [0.2, 0.25) is 0 Å². The Morgan fingerprint density at radius 2 is 1.29 bits per heavy atom. The lowest BCUT2D eigenvalue weighted by Gasteiger charge is -2.31. The van der Waals surface area contributed by atoms with Crippen LogP contribution in [0.3, 0.4) is 0 Å². The van der Waals surface area contributed by atoms with Crippen molar-refractivity contribution in [2.24, 2.45) is 0 Å². The van der Waals surface area contributed by atoms with E-state index in [9.17, 15) is 26.3 Å². The molecular weight excluding hydrogens is 639 g/mol. The van der Waals surface area contributed by atoms with E-state index < -0.39 is 23.5 Å². The van der Waals surface area contributed by atoms with Gasteiger partial charge in [0, 0.05) is 23.1 Å². The van der Waals surface area contributed by atoms with Crippen molar-refractivity contribution < 1.29 is 26.3 Å². The Bertz CT molecular complexity index is 1560. The lowest BCUT2D eigenvalue weighted by molar-refractivity contribution is -0.138. The molecule has 0 saturated carbocycles. The van der Waals surface area contributed by atoms with Gasteiger partial charge in [-0.05, 0) is 85.9 Å². The average Bonchev–Trinajstić information content (AvgIpc) is 3.32. The van der Waals surface area contributed by atoms with Gasteiger partial charge in [0.1, 0.15) is 0 Å². The van der Waals surface area contributed by atoms with E-state index >= 15 is 0 Å². The first-order valence-electron chi connectivity index (χ1n) is 13.2. The maximum absolute atomic E-state index is 12.9. The number of rotatable bonds is 6. The SMILES string of the molecule is C.CN(C)C1Nc2cc(C(F)(F)F)ccc2N1Cc1ccc(Cl)cc1.Nc1cc(C(F)(F)F)ccc1NCc1ccc(Cl)cc1. The van der Waals surface area contributed by atoms with Crippen LogP contribution in [-0.4, -0.2) is 25.3 Å². The molecule has 0 bridgehead atoms. The molecule has 0 saturated heterocycles. The summed E-state index contributed by atoms with van der Waals surface area (Å²) in [6.45, 7) is 1.01. The van der Waals surface area contributed by atoms with Crippen molar-refractivity contribution in [3.63, 3.8) is 0 Å². The lowest BCUT2D eigenvalue weighted by atomic mass is 10.1. The van der Waals surface area contributed by atoms with Gasteiger partial charge in [-0.1, -0.05) is 54.9 Å². The van der Waals surface area contributed by atoms with E-state index in [0.29, 0.717) is 34.5 Å². The molecule has 1 aliphatic heterocycles. The van der Waals surface area contributed by atoms with Crippen LogP contribution in [0.4, 0.5) is 49.1 Å². The first-order valence-corrected chi connectivity index (χ1v) is 14.0. The Labute approximate surface area is 268 Å². The molecule has 0 spiro atoms. The largest absolute Gasteiger partial charge is 0.416 e. The third-order valence-electron chi connectivity index (χ3n) is 6.74. The summed E-state index contributed by atoms with van der Waals surface area (Å²) in [6, 6.07) is 21.6. The molecule has 5 nitrogen and oxygen atoms in total. The Hall–Kier alpha value is -3.80. The standard InChI is InChI=1S/C17H17ClF3N3.C14H12ClF3N2.CH4/c1-23(2)16-22-14-9-12(17(19,20)21)5-8-15(14)24(16)10-11-3-6-13(18)7-4-11;15-11-4-1-9(2-5-11)8-20-13-6-3-10(7-12(13)19)14(16,17)18;/h3-9,16,22H,10H2,1-2H3;1-7,20H,8,19H2;1H4. The molecule has 0 radical (unpaired) electrons. The normalized spacial score (nSPS) is 14.2. The molecule has 13 heteroatoms. The number of benzene rings is 4. The molecule has 45 heavy (non-hydrogen) atoms. The molecule has 0 aromatic heterocycles. The number of nitrogen functional groups attached to an aromatic ring is 1. The summed E-state index contributed by atoms with van der Waals surface area (Å²) in [5.41, 5.74) is 7.95. The predicted octanol–water partition coefficient (Wildman–Crippen LogP) is 9.83. The number of anilines is 4. The number of hydrogen-bond donors (Lipinski definition) is 3. The number of alkyl halides is 6. The Morgan fingerprint density at radius 3 is 1.80 bits per heavy atom. The molecule has 0 fully saturated rings. The summed E-state index contributed by atoms with van der Waals surface area (Å²) < 4.78 is 76.3. The van der Waals surface area contributed by atoms with Crippen molar-refractivity contribution in [3.8, 4) is 0 Å². The van der Waals surface area contributed by atoms with E-state index in [2.05, 4.69) is 10.6 Å². The molecule has 1 unspecified atom stereocenters. The fourth-order valence-corrected chi connectivity index (χ4v) is 4.74. The molecule has 4 aromatic rings. The third kappa shape index (κ3) is 9.35. The molecule has 5 rings (SSSR count). The average molecular weight is 673 g/mol. The van der Waals surface area contributed by atoms with Crippen LogP contribution < -0.4 is 21.3 Å². The highest BCUT2D eigenvalue weighted by Gasteiger charge is 2.35. The summed E-state index contributed by atoms with van der Waals surface area (Å²) in [5.74, 6) is 0. The Balaban J connectivity index is 0.000000244.